The van der Waals surface area contributed by atoms with Crippen LogP contribution in [-0.2, 0) is 0 Å². The van der Waals surface area contributed by atoms with Gasteiger partial charge in [0.15, 0.2) is 0 Å². The number of hydrogen-bond donors (Lipinski definition) is 2. The van der Waals surface area contributed by atoms with Crippen LogP contribution in [0.1, 0.15) is 32.1 Å². The van der Waals surface area contributed by atoms with Crippen LogP contribution in [0.5, 0.6) is 0 Å². The quantitative estimate of drug-likeness (QED) is 0.817. The van der Waals surface area contributed by atoms with Gasteiger partial charge in [0.2, 0.25) is 0 Å². The number of anilines is 1. The lowest BCUT2D eigenvalue weighted by Gasteiger charge is -2.48. The first-order valence-electron chi connectivity index (χ1n) is 8.35. The molecule has 2 heterocycles. The zero-order valence-corrected chi connectivity index (χ0v) is 14.1. The van der Waals surface area contributed by atoms with Gasteiger partial charge in [-0.3, -0.25) is 4.90 Å². The second-order valence-corrected chi connectivity index (χ2v) is 6.93. The molecule has 124 valence electrons. The molecule has 0 spiro atoms. The molecular weight excluding hydrogens is 310 g/mol. The molecule has 0 radical (unpaired) electrons. The Morgan fingerprint density at radius 3 is 2.52 bits per heavy atom. The van der Waals surface area contributed by atoms with Gasteiger partial charge in [0.05, 0.1) is 0 Å². The Kier molecular flexibility index (Phi) is 5.23. The zero-order valence-electron chi connectivity index (χ0n) is 13.3. The highest BCUT2D eigenvalue weighted by Crippen LogP contribution is 2.33. The molecule has 2 aliphatic heterocycles. The molecule has 23 heavy (non-hydrogen) atoms. The molecule has 1 aromatic carbocycles. The number of carbonyl (C=O) groups excluding carboxylic acids is 1. The summed E-state index contributed by atoms with van der Waals surface area (Å²) >= 11 is 5.86. The van der Waals surface area contributed by atoms with Gasteiger partial charge in [-0.2, -0.15) is 0 Å². The number of amides is 2. The number of fused-ring (bicyclic) bond motifs is 2. The second kappa shape index (κ2) is 7.37. The normalized spacial score (nSPS) is 27.3. The summed E-state index contributed by atoms with van der Waals surface area (Å²) in [5.74, 6) is 0. The summed E-state index contributed by atoms with van der Waals surface area (Å²) in [7, 11) is 0. The van der Waals surface area contributed by atoms with Crippen molar-refractivity contribution in [2.45, 2.75) is 50.2 Å². The maximum atomic E-state index is 12.2. The molecule has 1 aromatic rings. The van der Waals surface area contributed by atoms with Crippen LogP contribution in [-0.4, -0.2) is 35.6 Å². The van der Waals surface area contributed by atoms with Gasteiger partial charge in [-0.25, -0.2) is 4.79 Å². The molecule has 4 nitrogen and oxygen atoms in total. The lowest BCUT2D eigenvalue weighted by atomic mass is 9.82. The number of piperidine rings is 2. The van der Waals surface area contributed by atoms with E-state index in [1.165, 1.54) is 19.3 Å². The molecule has 0 unspecified atom stereocenters. The number of carbonyl (C=O) groups is 1. The van der Waals surface area contributed by atoms with E-state index >= 15 is 0 Å². The Balaban J connectivity index is 1.55. The van der Waals surface area contributed by atoms with Gasteiger partial charge < -0.3 is 10.6 Å². The molecule has 2 N–H and O–H groups in total. The number of halogens is 1. The molecule has 0 aromatic heterocycles. The van der Waals surface area contributed by atoms with E-state index in [2.05, 4.69) is 22.1 Å². The maximum absolute atomic E-state index is 12.2. The molecule has 2 atom stereocenters. The van der Waals surface area contributed by atoms with Crippen LogP contribution >= 0.6 is 11.6 Å². The zero-order chi connectivity index (χ0) is 16.2. The summed E-state index contributed by atoms with van der Waals surface area (Å²) in [5, 5.41) is 6.68. The van der Waals surface area contributed by atoms with E-state index in [0.717, 1.165) is 25.1 Å². The third kappa shape index (κ3) is 4.06. The number of nitrogens with one attached hydrogen (secondary N) is 2. The van der Waals surface area contributed by atoms with Crippen LogP contribution in [0.2, 0.25) is 5.02 Å². The first kappa shape index (κ1) is 16.3. The fourth-order valence-electron chi connectivity index (χ4n) is 3.93. The SMILES string of the molecule is C=CCN1[C@H]2CCC[C@H]1CC(NC(=O)Nc1ccc(Cl)cc1)C2. The number of rotatable bonds is 4. The molecule has 2 fully saturated rings. The molecule has 5 heteroatoms. The van der Waals surface area contributed by atoms with Crippen molar-refractivity contribution in [3.8, 4) is 0 Å². The minimum absolute atomic E-state index is 0.132. The van der Waals surface area contributed by atoms with Gasteiger partial charge in [-0.15, -0.1) is 6.58 Å². The molecule has 2 bridgehead atoms. The minimum Gasteiger partial charge on any atom is -0.335 e. The van der Waals surface area contributed by atoms with E-state index in [9.17, 15) is 4.79 Å². The molecule has 2 aliphatic rings. The van der Waals surface area contributed by atoms with Crippen LogP contribution in [0.25, 0.3) is 0 Å². The van der Waals surface area contributed by atoms with E-state index in [4.69, 9.17) is 11.6 Å². The summed E-state index contributed by atoms with van der Waals surface area (Å²) in [5.41, 5.74) is 0.760. The fourth-order valence-corrected chi connectivity index (χ4v) is 4.06. The van der Waals surface area contributed by atoms with Crippen LogP contribution in [0.4, 0.5) is 10.5 Å². The maximum Gasteiger partial charge on any atom is 0.319 e. The molecular formula is C18H24ClN3O. The largest absolute Gasteiger partial charge is 0.335 e. The number of hydrogen-bond acceptors (Lipinski definition) is 2. The minimum atomic E-state index is -0.132. The Labute approximate surface area is 142 Å². The van der Waals surface area contributed by atoms with Crippen molar-refractivity contribution in [1.29, 1.82) is 0 Å². The summed E-state index contributed by atoms with van der Waals surface area (Å²) < 4.78 is 0. The van der Waals surface area contributed by atoms with Crippen molar-refractivity contribution in [2.75, 3.05) is 11.9 Å². The van der Waals surface area contributed by atoms with E-state index < -0.39 is 0 Å². The smallest absolute Gasteiger partial charge is 0.319 e. The predicted molar refractivity (Wildman–Crippen MR) is 95.0 cm³/mol. The second-order valence-electron chi connectivity index (χ2n) is 6.50. The van der Waals surface area contributed by atoms with E-state index in [1.807, 2.05) is 18.2 Å². The van der Waals surface area contributed by atoms with Crippen molar-refractivity contribution >= 4 is 23.3 Å². The average molecular weight is 334 g/mol. The van der Waals surface area contributed by atoms with E-state index in [0.29, 0.717) is 17.1 Å². The third-order valence-corrected chi connectivity index (χ3v) is 5.16. The summed E-state index contributed by atoms with van der Waals surface area (Å²) in [6, 6.07) is 8.42. The Morgan fingerprint density at radius 1 is 1.26 bits per heavy atom. The van der Waals surface area contributed by atoms with Crippen LogP contribution in [0, 0.1) is 0 Å². The van der Waals surface area contributed by atoms with E-state index in [1.54, 1.807) is 12.1 Å². The van der Waals surface area contributed by atoms with Crippen molar-refractivity contribution < 1.29 is 4.79 Å². The Bertz CT molecular complexity index is 546. The Hall–Kier alpha value is -1.52. The highest BCUT2D eigenvalue weighted by Gasteiger charge is 2.37. The monoisotopic (exact) mass is 333 g/mol. The van der Waals surface area contributed by atoms with Gasteiger partial charge in [-0.1, -0.05) is 24.1 Å². The number of benzene rings is 1. The topological polar surface area (TPSA) is 44.4 Å². The number of urea groups is 1. The first-order valence-corrected chi connectivity index (χ1v) is 8.73. The lowest BCUT2D eigenvalue weighted by Crippen LogP contribution is -2.57. The van der Waals surface area contributed by atoms with Crippen molar-refractivity contribution in [3.63, 3.8) is 0 Å². The molecule has 2 saturated heterocycles. The summed E-state index contributed by atoms with van der Waals surface area (Å²) in [4.78, 5) is 14.8. The highest BCUT2D eigenvalue weighted by molar-refractivity contribution is 6.30. The summed E-state index contributed by atoms with van der Waals surface area (Å²) in [6.07, 6.45) is 7.79. The molecule has 0 aliphatic carbocycles. The van der Waals surface area contributed by atoms with Crippen LogP contribution in [0.15, 0.2) is 36.9 Å². The Morgan fingerprint density at radius 2 is 1.91 bits per heavy atom. The standard InChI is InChI=1S/C18H24ClN3O/c1-2-10-22-16-4-3-5-17(22)12-15(11-16)21-18(23)20-14-8-6-13(19)7-9-14/h2,6-9,15-17H,1,3-5,10-12H2,(H2,20,21,23)/t16-,17-/m0/s1. The fraction of sp³-hybridized carbons (Fsp3) is 0.500. The molecule has 2 amide bonds. The highest BCUT2D eigenvalue weighted by atomic mass is 35.5. The van der Waals surface area contributed by atoms with Gasteiger partial charge in [0.25, 0.3) is 0 Å². The van der Waals surface area contributed by atoms with Gasteiger partial charge in [0.1, 0.15) is 0 Å². The first-order chi connectivity index (χ1) is 11.2. The van der Waals surface area contributed by atoms with Gasteiger partial charge in [0, 0.05) is 35.4 Å². The van der Waals surface area contributed by atoms with Crippen molar-refractivity contribution in [3.05, 3.63) is 41.9 Å². The van der Waals surface area contributed by atoms with Crippen LogP contribution in [0.3, 0.4) is 0 Å². The van der Waals surface area contributed by atoms with E-state index in [-0.39, 0.29) is 12.1 Å². The molecule has 0 saturated carbocycles. The van der Waals surface area contributed by atoms with Gasteiger partial charge in [-0.05, 0) is 49.9 Å². The van der Waals surface area contributed by atoms with Crippen molar-refractivity contribution in [1.82, 2.24) is 10.2 Å². The third-order valence-electron chi connectivity index (χ3n) is 4.90. The van der Waals surface area contributed by atoms with Crippen LogP contribution < -0.4 is 10.6 Å². The molecule has 3 rings (SSSR count). The predicted octanol–water partition coefficient (Wildman–Crippen LogP) is 4.03. The lowest BCUT2D eigenvalue weighted by molar-refractivity contribution is 0.0375. The van der Waals surface area contributed by atoms with Gasteiger partial charge >= 0.3 is 6.03 Å². The average Bonchev–Trinajstić information content (AvgIpc) is 2.50. The summed E-state index contributed by atoms with van der Waals surface area (Å²) in [6.45, 7) is 4.83. The number of nitrogens with zero attached hydrogens (tertiary/aromatic N) is 1. The van der Waals surface area contributed by atoms with Crippen molar-refractivity contribution in [2.24, 2.45) is 0 Å².